The van der Waals surface area contributed by atoms with Crippen LogP contribution in [-0.2, 0) is 7.05 Å². The molecular formula is C27H21ClN6O. The predicted octanol–water partition coefficient (Wildman–Crippen LogP) is 6.71. The van der Waals surface area contributed by atoms with E-state index in [1.54, 1.807) is 35.2 Å². The van der Waals surface area contributed by atoms with Gasteiger partial charge in [-0.25, -0.2) is 4.98 Å². The molecule has 0 atom stereocenters. The van der Waals surface area contributed by atoms with E-state index in [2.05, 4.69) is 57.5 Å². The molecule has 0 amide bonds. The van der Waals surface area contributed by atoms with Gasteiger partial charge in [0.25, 0.3) is 5.88 Å². The number of nitriles is 1. The van der Waals surface area contributed by atoms with E-state index >= 15 is 0 Å². The highest BCUT2D eigenvalue weighted by Crippen LogP contribution is 2.38. The Bertz CT molecular complexity index is 1560. The molecule has 0 radical (unpaired) electrons. The molecule has 3 aromatic carbocycles. The summed E-state index contributed by atoms with van der Waals surface area (Å²) in [6.45, 7) is 4.01. The van der Waals surface area contributed by atoms with Crippen LogP contribution < -0.4 is 10.1 Å². The highest BCUT2D eigenvalue weighted by Gasteiger charge is 2.18. The largest absolute Gasteiger partial charge is 0.435 e. The SMILES string of the molecule is Cc1ccc(-c2cc(C)c(Oc3nc(Nc4ccc(C#N)cc4)nc4ncn(C)c34)c(Cl)c2)cc1. The number of anilines is 2. The van der Waals surface area contributed by atoms with Crippen molar-refractivity contribution in [3.63, 3.8) is 0 Å². The van der Waals surface area contributed by atoms with Crippen molar-refractivity contribution in [3.05, 3.63) is 88.7 Å². The Morgan fingerprint density at radius 3 is 2.40 bits per heavy atom. The van der Waals surface area contributed by atoms with Crippen molar-refractivity contribution in [1.82, 2.24) is 19.5 Å². The minimum atomic E-state index is 0.320. The third-order valence-electron chi connectivity index (χ3n) is 5.62. The molecule has 2 aromatic heterocycles. The quantitative estimate of drug-likeness (QED) is 0.301. The Morgan fingerprint density at radius 2 is 1.71 bits per heavy atom. The summed E-state index contributed by atoms with van der Waals surface area (Å²) < 4.78 is 8.10. The molecule has 172 valence electrons. The maximum absolute atomic E-state index is 9.02. The summed E-state index contributed by atoms with van der Waals surface area (Å²) >= 11 is 6.70. The van der Waals surface area contributed by atoms with Gasteiger partial charge in [-0.2, -0.15) is 15.2 Å². The fourth-order valence-corrected chi connectivity index (χ4v) is 4.08. The third kappa shape index (κ3) is 4.52. The second-order valence-corrected chi connectivity index (χ2v) is 8.67. The Kier molecular flexibility index (Phi) is 5.81. The maximum Gasteiger partial charge on any atom is 0.250 e. The van der Waals surface area contributed by atoms with Crippen molar-refractivity contribution in [3.8, 4) is 28.8 Å². The van der Waals surface area contributed by atoms with Gasteiger partial charge in [0.1, 0.15) is 0 Å². The molecular weight excluding hydrogens is 460 g/mol. The summed E-state index contributed by atoms with van der Waals surface area (Å²) in [7, 11) is 1.86. The van der Waals surface area contributed by atoms with E-state index in [1.165, 1.54) is 5.56 Å². The van der Waals surface area contributed by atoms with Crippen LogP contribution in [0.25, 0.3) is 22.3 Å². The average Bonchev–Trinajstić information content (AvgIpc) is 3.23. The summed E-state index contributed by atoms with van der Waals surface area (Å²) in [4.78, 5) is 13.5. The monoisotopic (exact) mass is 480 g/mol. The van der Waals surface area contributed by atoms with E-state index in [9.17, 15) is 0 Å². The zero-order valence-electron chi connectivity index (χ0n) is 19.4. The standard InChI is InChI=1S/C27H21ClN6O/c1-16-4-8-19(9-5-16)20-12-17(2)24(22(28)13-20)35-26-23-25(30-15-34(23)3)32-27(33-26)31-21-10-6-18(14-29)7-11-21/h4-13,15H,1-3H3,(H,31,32,33). The van der Waals surface area contributed by atoms with Gasteiger partial charge in [-0.15, -0.1) is 0 Å². The van der Waals surface area contributed by atoms with Crippen LogP contribution in [0.4, 0.5) is 11.6 Å². The van der Waals surface area contributed by atoms with E-state index in [0.717, 1.165) is 22.4 Å². The fraction of sp³-hybridized carbons (Fsp3) is 0.111. The topological polar surface area (TPSA) is 88.7 Å². The van der Waals surface area contributed by atoms with Gasteiger partial charge in [0.15, 0.2) is 16.9 Å². The minimum Gasteiger partial charge on any atom is -0.435 e. The molecule has 7 nitrogen and oxygen atoms in total. The first-order valence-corrected chi connectivity index (χ1v) is 11.3. The summed E-state index contributed by atoms with van der Waals surface area (Å²) in [6, 6.07) is 21.4. The van der Waals surface area contributed by atoms with Gasteiger partial charge in [0.05, 0.1) is 23.0 Å². The summed E-state index contributed by atoms with van der Waals surface area (Å²) in [5.74, 6) is 1.17. The molecule has 0 saturated carbocycles. The molecule has 0 aliphatic carbocycles. The van der Waals surface area contributed by atoms with Gasteiger partial charge < -0.3 is 14.6 Å². The van der Waals surface area contributed by atoms with E-state index in [4.69, 9.17) is 21.6 Å². The molecule has 0 saturated heterocycles. The lowest BCUT2D eigenvalue weighted by Crippen LogP contribution is -2.02. The fourth-order valence-electron chi connectivity index (χ4n) is 3.77. The average molecular weight is 481 g/mol. The number of nitrogens with zero attached hydrogens (tertiary/aromatic N) is 5. The number of nitrogens with one attached hydrogen (secondary N) is 1. The number of fused-ring (bicyclic) bond motifs is 1. The highest BCUT2D eigenvalue weighted by atomic mass is 35.5. The minimum absolute atomic E-state index is 0.320. The van der Waals surface area contributed by atoms with Crippen LogP contribution in [-0.4, -0.2) is 19.5 Å². The molecule has 35 heavy (non-hydrogen) atoms. The number of aryl methyl sites for hydroxylation is 3. The van der Waals surface area contributed by atoms with E-state index in [0.29, 0.717) is 39.3 Å². The summed E-state index contributed by atoms with van der Waals surface area (Å²) in [5, 5.41) is 12.7. The van der Waals surface area contributed by atoms with Gasteiger partial charge in [-0.1, -0.05) is 41.4 Å². The zero-order valence-corrected chi connectivity index (χ0v) is 20.1. The van der Waals surface area contributed by atoms with Crippen LogP contribution in [0, 0.1) is 25.2 Å². The third-order valence-corrected chi connectivity index (χ3v) is 5.90. The number of hydrogen-bond acceptors (Lipinski definition) is 6. The van der Waals surface area contributed by atoms with Crippen LogP contribution in [0.5, 0.6) is 11.6 Å². The number of aromatic nitrogens is 4. The van der Waals surface area contributed by atoms with E-state index < -0.39 is 0 Å². The lowest BCUT2D eigenvalue weighted by Gasteiger charge is -2.14. The Hall–Kier alpha value is -4.41. The first-order chi connectivity index (χ1) is 16.9. The first kappa shape index (κ1) is 22.4. The number of rotatable bonds is 5. The zero-order chi connectivity index (χ0) is 24.5. The molecule has 5 rings (SSSR count). The van der Waals surface area contributed by atoms with Crippen molar-refractivity contribution in [2.24, 2.45) is 7.05 Å². The van der Waals surface area contributed by atoms with Crippen LogP contribution in [0.3, 0.4) is 0 Å². The lowest BCUT2D eigenvalue weighted by atomic mass is 10.0. The summed E-state index contributed by atoms with van der Waals surface area (Å²) in [5.41, 5.74) is 6.61. The smallest absolute Gasteiger partial charge is 0.250 e. The Morgan fingerprint density at radius 1 is 0.971 bits per heavy atom. The molecule has 0 aliphatic heterocycles. The molecule has 0 fully saturated rings. The molecule has 0 bridgehead atoms. The number of benzene rings is 3. The Labute approximate surface area is 207 Å². The number of ether oxygens (including phenoxy) is 1. The maximum atomic E-state index is 9.02. The number of hydrogen-bond donors (Lipinski definition) is 1. The Balaban J connectivity index is 1.52. The molecule has 0 aliphatic rings. The molecule has 5 aromatic rings. The van der Waals surface area contributed by atoms with Gasteiger partial charge in [0, 0.05) is 12.7 Å². The second kappa shape index (κ2) is 9.09. The number of imidazole rings is 1. The molecule has 8 heteroatoms. The van der Waals surface area contributed by atoms with Crippen molar-refractivity contribution in [1.29, 1.82) is 5.26 Å². The molecule has 0 spiro atoms. The van der Waals surface area contributed by atoms with Crippen molar-refractivity contribution in [2.75, 3.05) is 5.32 Å². The summed E-state index contributed by atoms with van der Waals surface area (Å²) in [6.07, 6.45) is 1.66. The van der Waals surface area contributed by atoms with Gasteiger partial charge in [0.2, 0.25) is 5.95 Å². The van der Waals surface area contributed by atoms with Gasteiger partial charge in [-0.3, -0.25) is 0 Å². The second-order valence-electron chi connectivity index (χ2n) is 8.27. The van der Waals surface area contributed by atoms with Crippen LogP contribution in [0.2, 0.25) is 5.02 Å². The van der Waals surface area contributed by atoms with E-state index in [1.807, 2.05) is 26.1 Å². The van der Waals surface area contributed by atoms with Gasteiger partial charge >= 0.3 is 0 Å². The normalized spacial score (nSPS) is 10.8. The van der Waals surface area contributed by atoms with Crippen molar-refractivity contribution in [2.45, 2.75) is 13.8 Å². The lowest BCUT2D eigenvalue weighted by molar-refractivity contribution is 0.463. The van der Waals surface area contributed by atoms with Crippen LogP contribution in [0.15, 0.2) is 67.0 Å². The number of halogens is 1. The van der Waals surface area contributed by atoms with E-state index in [-0.39, 0.29) is 0 Å². The van der Waals surface area contributed by atoms with Crippen molar-refractivity contribution >= 4 is 34.4 Å². The van der Waals surface area contributed by atoms with Crippen LogP contribution in [0.1, 0.15) is 16.7 Å². The molecule has 1 N–H and O–H groups in total. The van der Waals surface area contributed by atoms with Gasteiger partial charge in [-0.05, 0) is 66.9 Å². The van der Waals surface area contributed by atoms with Crippen molar-refractivity contribution < 1.29 is 4.74 Å². The first-order valence-electron chi connectivity index (χ1n) is 10.9. The highest BCUT2D eigenvalue weighted by molar-refractivity contribution is 6.32. The van der Waals surface area contributed by atoms with Crippen LogP contribution >= 0.6 is 11.6 Å². The predicted molar refractivity (Wildman–Crippen MR) is 137 cm³/mol. The molecule has 2 heterocycles. The molecule has 0 unspecified atom stereocenters.